The molecule has 4 rings (SSSR count). The molecule has 4 heteroatoms. The molecule has 1 aliphatic heterocycles. The molecule has 25 heavy (non-hydrogen) atoms. The van der Waals surface area contributed by atoms with Gasteiger partial charge in [-0.2, -0.15) is 0 Å². The van der Waals surface area contributed by atoms with E-state index in [0.29, 0.717) is 5.92 Å². The zero-order chi connectivity index (χ0) is 17.7. The molecule has 1 N–H and O–H groups in total. The van der Waals surface area contributed by atoms with Gasteiger partial charge in [0.2, 0.25) is 5.91 Å². The molecule has 2 saturated carbocycles. The van der Waals surface area contributed by atoms with Crippen LogP contribution in [0.15, 0.2) is 24.3 Å². The van der Waals surface area contributed by atoms with Gasteiger partial charge in [0.15, 0.2) is 0 Å². The van der Waals surface area contributed by atoms with Gasteiger partial charge in [-0.25, -0.2) is 0 Å². The van der Waals surface area contributed by atoms with Gasteiger partial charge in [0.1, 0.15) is 5.75 Å². The molecular weight excluding hydrogens is 314 g/mol. The lowest BCUT2D eigenvalue weighted by Crippen LogP contribution is -2.44. The third-order valence-corrected chi connectivity index (χ3v) is 6.44. The minimum absolute atomic E-state index is 0.148. The smallest absolute Gasteiger partial charge is 0.233 e. The van der Waals surface area contributed by atoms with Gasteiger partial charge in [0, 0.05) is 12.2 Å². The molecule has 0 bridgehead atoms. The Morgan fingerprint density at radius 3 is 2.28 bits per heavy atom. The highest BCUT2D eigenvalue weighted by atomic mass is 16.5. The molecule has 136 valence electrons. The van der Waals surface area contributed by atoms with Crippen LogP contribution in [0, 0.1) is 11.3 Å². The van der Waals surface area contributed by atoms with Crippen LogP contribution in [-0.4, -0.2) is 29.3 Å². The predicted octanol–water partition coefficient (Wildman–Crippen LogP) is 3.91. The van der Waals surface area contributed by atoms with Crippen LogP contribution in [0.25, 0.3) is 0 Å². The molecule has 0 unspecified atom stereocenters. The Kier molecular flexibility index (Phi) is 4.06. The minimum Gasteiger partial charge on any atom is -0.491 e. The average Bonchev–Trinajstić information content (AvgIpc) is 3.39. The van der Waals surface area contributed by atoms with Crippen LogP contribution >= 0.6 is 0 Å². The SMILES string of the molecule is CC(C)Oc1ccc(N2CC[C@]3(CC[C@](O)(C4CC4)CC3)C2=O)cc1. The molecule has 4 nitrogen and oxygen atoms in total. The Balaban J connectivity index is 1.45. The van der Waals surface area contributed by atoms with E-state index < -0.39 is 5.60 Å². The Morgan fingerprint density at radius 2 is 1.72 bits per heavy atom. The van der Waals surface area contributed by atoms with Gasteiger partial charge in [-0.15, -0.1) is 0 Å². The summed E-state index contributed by atoms with van der Waals surface area (Å²) in [6, 6.07) is 7.86. The highest BCUT2D eigenvalue weighted by molar-refractivity contribution is 6.00. The maximum Gasteiger partial charge on any atom is 0.233 e. The molecule has 1 aromatic carbocycles. The number of benzene rings is 1. The van der Waals surface area contributed by atoms with Gasteiger partial charge >= 0.3 is 0 Å². The molecule has 1 heterocycles. The molecule has 0 atom stereocenters. The summed E-state index contributed by atoms with van der Waals surface area (Å²) < 4.78 is 5.69. The van der Waals surface area contributed by atoms with Crippen LogP contribution < -0.4 is 9.64 Å². The fourth-order valence-electron chi connectivity index (χ4n) is 4.70. The Morgan fingerprint density at radius 1 is 1.08 bits per heavy atom. The molecular formula is C21H29NO3. The number of carbonyl (C=O) groups excluding carboxylic acids is 1. The first kappa shape index (κ1) is 16.9. The average molecular weight is 343 g/mol. The third-order valence-electron chi connectivity index (χ3n) is 6.44. The van der Waals surface area contributed by atoms with Crippen molar-refractivity contribution in [3.8, 4) is 5.75 Å². The van der Waals surface area contributed by atoms with Gasteiger partial charge in [-0.3, -0.25) is 4.79 Å². The highest BCUT2D eigenvalue weighted by Gasteiger charge is 2.54. The fourth-order valence-corrected chi connectivity index (χ4v) is 4.70. The van der Waals surface area contributed by atoms with E-state index in [1.165, 1.54) is 0 Å². The molecule has 1 saturated heterocycles. The van der Waals surface area contributed by atoms with Gasteiger partial charge in [-0.1, -0.05) is 0 Å². The monoisotopic (exact) mass is 343 g/mol. The topological polar surface area (TPSA) is 49.8 Å². The van der Waals surface area contributed by atoms with Crippen molar-refractivity contribution in [1.29, 1.82) is 0 Å². The second-order valence-electron chi connectivity index (χ2n) is 8.53. The summed E-state index contributed by atoms with van der Waals surface area (Å²) in [5.41, 5.74) is 0.226. The van der Waals surface area contributed by atoms with E-state index in [1.807, 2.05) is 43.0 Å². The van der Waals surface area contributed by atoms with E-state index in [0.717, 1.165) is 62.9 Å². The third kappa shape index (κ3) is 3.05. The van der Waals surface area contributed by atoms with Crippen molar-refractivity contribution < 1.29 is 14.6 Å². The number of rotatable bonds is 4. The zero-order valence-electron chi connectivity index (χ0n) is 15.3. The Labute approximate surface area is 150 Å². The van der Waals surface area contributed by atoms with Crippen molar-refractivity contribution in [1.82, 2.24) is 0 Å². The van der Waals surface area contributed by atoms with Crippen molar-refractivity contribution >= 4 is 11.6 Å². The first-order chi connectivity index (χ1) is 11.9. The summed E-state index contributed by atoms with van der Waals surface area (Å²) in [6.45, 7) is 4.80. The lowest BCUT2D eigenvalue weighted by molar-refractivity contribution is -0.131. The van der Waals surface area contributed by atoms with Crippen LogP contribution in [0.5, 0.6) is 5.75 Å². The Hall–Kier alpha value is -1.55. The lowest BCUT2D eigenvalue weighted by atomic mass is 9.66. The van der Waals surface area contributed by atoms with Crippen molar-refractivity contribution in [2.45, 2.75) is 70.5 Å². The molecule has 2 aliphatic carbocycles. The Bertz CT molecular complexity index is 640. The van der Waals surface area contributed by atoms with Gasteiger partial charge < -0.3 is 14.7 Å². The normalized spacial score (nSPS) is 32.6. The number of carbonyl (C=O) groups is 1. The second kappa shape index (κ2) is 6.01. The van der Waals surface area contributed by atoms with E-state index in [-0.39, 0.29) is 17.4 Å². The predicted molar refractivity (Wildman–Crippen MR) is 97.8 cm³/mol. The number of hydrogen-bond donors (Lipinski definition) is 1. The number of nitrogens with zero attached hydrogens (tertiary/aromatic N) is 1. The van der Waals surface area contributed by atoms with Crippen LogP contribution in [0.2, 0.25) is 0 Å². The standard InChI is InChI=1S/C21H29NO3/c1-15(2)25-18-7-5-17(6-8-18)22-14-13-20(19(22)23)9-11-21(24,12-10-20)16-3-4-16/h5-8,15-16,24H,3-4,9-14H2,1-2H3/t20-,21-. The zero-order valence-corrected chi connectivity index (χ0v) is 15.3. The molecule has 0 aromatic heterocycles. The van der Waals surface area contributed by atoms with Crippen LogP contribution in [-0.2, 0) is 4.79 Å². The van der Waals surface area contributed by atoms with Crippen LogP contribution in [0.3, 0.4) is 0 Å². The van der Waals surface area contributed by atoms with E-state index in [4.69, 9.17) is 4.74 Å². The number of amides is 1. The largest absolute Gasteiger partial charge is 0.491 e. The van der Waals surface area contributed by atoms with Crippen molar-refractivity contribution in [2.75, 3.05) is 11.4 Å². The molecule has 1 aromatic rings. The second-order valence-corrected chi connectivity index (χ2v) is 8.53. The quantitative estimate of drug-likeness (QED) is 0.902. The lowest BCUT2D eigenvalue weighted by Gasteiger charge is -2.41. The first-order valence-electron chi connectivity index (χ1n) is 9.73. The maximum absolute atomic E-state index is 13.2. The van der Waals surface area contributed by atoms with Crippen LogP contribution in [0.1, 0.15) is 58.8 Å². The maximum atomic E-state index is 13.2. The molecule has 1 spiro atoms. The summed E-state index contributed by atoms with van der Waals surface area (Å²) in [7, 11) is 0. The molecule has 0 radical (unpaired) electrons. The van der Waals surface area contributed by atoms with E-state index in [1.54, 1.807) is 0 Å². The summed E-state index contributed by atoms with van der Waals surface area (Å²) in [5.74, 6) is 1.58. The van der Waals surface area contributed by atoms with Gasteiger partial charge in [0.25, 0.3) is 0 Å². The summed E-state index contributed by atoms with van der Waals surface area (Å²) in [4.78, 5) is 15.1. The van der Waals surface area contributed by atoms with E-state index in [2.05, 4.69) is 0 Å². The van der Waals surface area contributed by atoms with E-state index in [9.17, 15) is 9.90 Å². The summed E-state index contributed by atoms with van der Waals surface area (Å²) in [6.07, 6.45) is 6.64. The van der Waals surface area contributed by atoms with Gasteiger partial charge in [-0.05, 0) is 89.0 Å². The van der Waals surface area contributed by atoms with E-state index >= 15 is 0 Å². The summed E-state index contributed by atoms with van der Waals surface area (Å²) in [5, 5.41) is 10.8. The number of hydrogen-bond acceptors (Lipinski definition) is 3. The van der Waals surface area contributed by atoms with Crippen molar-refractivity contribution in [2.24, 2.45) is 11.3 Å². The fraction of sp³-hybridized carbons (Fsp3) is 0.667. The van der Waals surface area contributed by atoms with Crippen LogP contribution in [0.4, 0.5) is 5.69 Å². The van der Waals surface area contributed by atoms with Crippen molar-refractivity contribution in [3.63, 3.8) is 0 Å². The molecule has 1 amide bonds. The van der Waals surface area contributed by atoms with Gasteiger partial charge in [0.05, 0.1) is 17.1 Å². The molecule has 3 fully saturated rings. The molecule has 3 aliphatic rings. The first-order valence-corrected chi connectivity index (χ1v) is 9.73. The number of aliphatic hydroxyl groups is 1. The van der Waals surface area contributed by atoms with Crippen molar-refractivity contribution in [3.05, 3.63) is 24.3 Å². The minimum atomic E-state index is -0.491. The number of ether oxygens (including phenoxy) is 1. The highest BCUT2D eigenvalue weighted by Crippen LogP contribution is 2.54. The number of anilines is 1. The summed E-state index contributed by atoms with van der Waals surface area (Å²) >= 11 is 0.